The molecule has 0 aliphatic heterocycles. The van der Waals surface area contributed by atoms with E-state index in [4.69, 9.17) is 11.6 Å². The van der Waals surface area contributed by atoms with Gasteiger partial charge in [0, 0.05) is 6.08 Å². The molecule has 3 nitrogen and oxygen atoms in total. The van der Waals surface area contributed by atoms with Gasteiger partial charge in [0.1, 0.15) is 5.75 Å². The molecule has 0 unspecified atom stereocenters. The van der Waals surface area contributed by atoms with E-state index in [-0.39, 0.29) is 11.7 Å². The normalized spacial score (nSPS) is 11.0. The molecule has 0 bridgehead atoms. The quantitative estimate of drug-likeness (QED) is 0.788. The van der Waals surface area contributed by atoms with E-state index in [9.17, 15) is 13.6 Å². The van der Waals surface area contributed by atoms with Crippen molar-refractivity contribution in [3.63, 3.8) is 0 Å². The van der Waals surface area contributed by atoms with Crippen molar-refractivity contribution in [3.05, 3.63) is 64.7 Å². The SMILES string of the molecule is Cc1ccc(NC(=O)/C=C/c2ccc(OC(F)F)cc2)c(Cl)c1. The van der Waals surface area contributed by atoms with Crippen LogP contribution in [0.4, 0.5) is 14.5 Å². The minimum absolute atomic E-state index is 0.0630. The maximum atomic E-state index is 12.0. The van der Waals surface area contributed by atoms with Gasteiger partial charge in [0.2, 0.25) is 5.91 Å². The third kappa shape index (κ3) is 5.38. The van der Waals surface area contributed by atoms with Crippen LogP contribution in [0.3, 0.4) is 0 Å². The summed E-state index contributed by atoms with van der Waals surface area (Å²) >= 11 is 6.04. The summed E-state index contributed by atoms with van der Waals surface area (Å²) in [7, 11) is 0. The van der Waals surface area contributed by atoms with Crippen molar-refractivity contribution in [2.75, 3.05) is 5.32 Å². The number of aryl methyl sites for hydroxylation is 1. The highest BCUT2D eigenvalue weighted by molar-refractivity contribution is 6.33. The summed E-state index contributed by atoms with van der Waals surface area (Å²) in [4.78, 5) is 11.9. The van der Waals surface area contributed by atoms with Gasteiger partial charge in [0.25, 0.3) is 0 Å². The minimum atomic E-state index is -2.86. The zero-order valence-electron chi connectivity index (χ0n) is 12.2. The van der Waals surface area contributed by atoms with Crippen LogP contribution in [-0.4, -0.2) is 12.5 Å². The Kier molecular flexibility index (Phi) is 5.71. The summed E-state index contributed by atoms with van der Waals surface area (Å²) in [5.74, 6) is -0.281. The van der Waals surface area contributed by atoms with Gasteiger partial charge < -0.3 is 10.1 Å². The Balaban J connectivity index is 1.97. The molecule has 2 rings (SSSR count). The predicted molar refractivity (Wildman–Crippen MR) is 86.9 cm³/mol. The molecule has 2 aromatic carbocycles. The van der Waals surface area contributed by atoms with Gasteiger partial charge in [-0.05, 0) is 48.4 Å². The molecule has 0 aliphatic rings. The zero-order chi connectivity index (χ0) is 16.8. The average molecular weight is 338 g/mol. The Morgan fingerprint density at radius 2 is 1.91 bits per heavy atom. The number of nitrogens with one attached hydrogen (secondary N) is 1. The topological polar surface area (TPSA) is 38.3 Å². The first-order chi connectivity index (χ1) is 10.9. The fourth-order valence-electron chi connectivity index (χ4n) is 1.83. The molecule has 0 atom stereocenters. The molecule has 0 aliphatic carbocycles. The summed E-state index contributed by atoms with van der Waals surface area (Å²) in [5, 5.41) is 3.12. The van der Waals surface area contributed by atoms with E-state index >= 15 is 0 Å². The average Bonchev–Trinajstić information content (AvgIpc) is 2.49. The van der Waals surface area contributed by atoms with Gasteiger partial charge in [-0.1, -0.05) is 29.8 Å². The molecule has 0 saturated carbocycles. The van der Waals surface area contributed by atoms with E-state index in [2.05, 4.69) is 10.1 Å². The predicted octanol–water partition coefficient (Wildman–Crippen LogP) is 4.90. The van der Waals surface area contributed by atoms with E-state index < -0.39 is 6.61 Å². The highest BCUT2D eigenvalue weighted by atomic mass is 35.5. The molecule has 1 amide bonds. The van der Waals surface area contributed by atoms with Crippen LogP contribution >= 0.6 is 11.6 Å². The van der Waals surface area contributed by atoms with Crippen LogP contribution in [0.25, 0.3) is 6.08 Å². The number of anilines is 1. The number of benzene rings is 2. The third-order valence-corrected chi connectivity index (χ3v) is 3.23. The molecule has 6 heteroatoms. The monoisotopic (exact) mass is 337 g/mol. The zero-order valence-corrected chi connectivity index (χ0v) is 13.0. The van der Waals surface area contributed by atoms with Crippen LogP contribution < -0.4 is 10.1 Å². The van der Waals surface area contributed by atoms with Crippen LogP contribution in [0, 0.1) is 6.92 Å². The van der Waals surface area contributed by atoms with E-state index in [1.807, 2.05) is 13.0 Å². The molecule has 2 aromatic rings. The lowest BCUT2D eigenvalue weighted by Gasteiger charge is -2.06. The molecule has 1 N–H and O–H groups in total. The number of alkyl halides is 2. The number of carbonyl (C=O) groups excluding carboxylic acids is 1. The van der Waals surface area contributed by atoms with Crippen molar-refractivity contribution in [2.45, 2.75) is 13.5 Å². The molecular weight excluding hydrogens is 324 g/mol. The maximum absolute atomic E-state index is 12.0. The summed E-state index contributed by atoms with van der Waals surface area (Å²) in [6.07, 6.45) is 2.89. The van der Waals surface area contributed by atoms with Gasteiger partial charge in [-0.2, -0.15) is 8.78 Å². The Bertz CT molecular complexity index is 715. The van der Waals surface area contributed by atoms with Crippen molar-refractivity contribution in [3.8, 4) is 5.75 Å². The summed E-state index contributed by atoms with van der Waals surface area (Å²) < 4.78 is 28.3. The van der Waals surface area contributed by atoms with E-state index in [1.165, 1.54) is 18.2 Å². The number of halogens is 3. The summed E-state index contributed by atoms with van der Waals surface area (Å²) in [5.41, 5.74) is 2.19. The van der Waals surface area contributed by atoms with Crippen LogP contribution in [0.2, 0.25) is 5.02 Å². The highest BCUT2D eigenvalue weighted by Crippen LogP contribution is 2.22. The maximum Gasteiger partial charge on any atom is 0.387 e. The lowest BCUT2D eigenvalue weighted by molar-refractivity contribution is -0.111. The molecule has 120 valence electrons. The van der Waals surface area contributed by atoms with Crippen molar-refractivity contribution in [1.82, 2.24) is 0 Å². The highest BCUT2D eigenvalue weighted by Gasteiger charge is 2.04. The number of hydrogen-bond acceptors (Lipinski definition) is 2. The van der Waals surface area contributed by atoms with Gasteiger partial charge in [0.05, 0.1) is 10.7 Å². The minimum Gasteiger partial charge on any atom is -0.435 e. The smallest absolute Gasteiger partial charge is 0.387 e. The number of rotatable bonds is 5. The summed E-state index contributed by atoms with van der Waals surface area (Å²) in [6, 6.07) is 11.3. The first-order valence-corrected chi connectivity index (χ1v) is 7.12. The lowest BCUT2D eigenvalue weighted by Crippen LogP contribution is -2.08. The van der Waals surface area contributed by atoms with Gasteiger partial charge in [-0.3, -0.25) is 4.79 Å². The second-order valence-electron chi connectivity index (χ2n) is 4.75. The number of carbonyl (C=O) groups is 1. The molecular formula is C17H14ClF2NO2. The number of hydrogen-bond donors (Lipinski definition) is 1. The van der Waals surface area contributed by atoms with Crippen molar-refractivity contribution >= 4 is 29.3 Å². The molecule has 23 heavy (non-hydrogen) atoms. The van der Waals surface area contributed by atoms with Gasteiger partial charge in [-0.15, -0.1) is 0 Å². The largest absolute Gasteiger partial charge is 0.435 e. The number of ether oxygens (including phenoxy) is 1. The van der Waals surface area contributed by atoms with Crippen molar-refractivity contribution < 1.29 is 18.3 Å². The van der Waals surface area contributed by atoms with Crippen LogP contribution in [0.5, 0.6) is 5.75 Å². The Hall–Kier alpha value is -2.40. The van der Waals surface area contributed by atoms with E-state index in [0.29, 0.717) is 16.3 Å². The molecule has 0 radical (unpaired) electrons. The van der Waals surface area contributed by atoms with Gasteiger partial charge >= 0.3 is 6.61 Å². The van der Waals surface area contributed by atoms with Crippen molar-refractivity contribution in [2.24, 2.45) is 0 Å². The lowest BCUT2D eigenvalue weighted by atomic mass is 10.2. The molecule has 0 spiro atoms. The summed E-state index contributed by atoms with van der Waals surface area (Å²) in [6.45, 7) is -0.958. The van der Waals surface area contributed by atoms with E-state index in [0.717, 1.165) is 5.56 Å². The van der Waals surface area contributed by atoms with E-state index in [1.54, 1.807) is 30.3 Å². The fraction of sp³-hybridized carbons (Fsp3) is 0.118. The Labute approximate surface area is 137 Å². The Morgan fingerprint density at radius 3 is 2.52 bits per heavy atom. The van der Waals surface area contributed by atoms with Crippen LogP contribution in [0.1, 0.15) is 11.1 Å². The molecule has 0 heterocycles. The first kappa shape index (κ1) is 17.0. The standard InChI is InChI=1S/C17H14ClF2NO2/c1-11-2-8-15(14(18)10-11)21-16(22)9-5-12-3-6-13(7-4-12)23-17(19)20/h2-10,17H,1H3,(H,21,22)/b9-5+. The molecule has 0 saturated heterocycles. The van der Waals surface area contributed by atoms with Gasteiger partial charge in [0.15, 0.2) is 0 Å². The third-order valence-electron chi connectivity index (χ3n) is 2.91. The van der Waals surface area contributed by atoms with Crippen LogP contribution in [0.15, 0.2) is 48.5 Å². The fourth-order valence-corrected chi connectivity index (χ4v) is 2.11. The van der Waals surface area contributed by atoms with Crippen LogP contribution in [-0.2, 0) is 4.79 Å². The Morgan fingerprint density at radius 1 is 1.22 bits per heavy atom. The second kappa shape index (κ2) is 7.74. The molecule has 0 aromatic heterocycles. The van der Waals surface area contributed by atoms with Gasteiger partial charge in [-0.25, -0.2) is 0 Å². The van der Waals surface area contributed by atoms with Crippen molar-refractivity contribution in [1.29, 1.82) is 0 Å². The number of amides is 1. The first-order valence-electron chi connectivity index (χ1n) is 6.74. The second-order valence-corrected chi connectivity index (χ2v) is 5.16. The molecule has 0 fully saturated rings.